The number of hydrogen-bond acceptors (Lipinski definition) is 7. The zero-order valence-corrected chi connectivity index (χ0v) is 22.9. The van der Waals surface area contributed by atoms with Crippen molar-refractivity contribution in [1.82, 2.24) is 34.7 Å². The summed E-state index contributed by atoms with van der Waals surface area (Å²) < 4.78 is 7.94. The number of pyridine rings is 1. The SMILES string of the molecule is COC(=O)Nc1ccc(-c2nc(C3CCc4cc(-c5cc(Cl)ccc5-n5cnnn5)cc(=O)n43)[nH]c2Cl)c(C)c1. The van der Waals surface area contributed by atoms with E-state index in [4.69, 9.17) is 28.2 Å². The Kier molecular flexibility index (Phi) is 6.60. The highest BCUT2D eigenvalue weighted by Gasteiger charge is 2.29. The molecule has 13 heteroatoms. The Labute approximate surface area is 237 Å². The molecule has 0 saturated heterocycles. The van der Waals surface area contributed by atoms with E-state index in [9.17, 15) is 9.59 Å². The molecule has 0 bridgehead atoms. The number of amides is 1. The van der Waals surface area contributed by atoms with Crippen LogP contribution in [0.5, 0.6) is 0 Å². The molecule has 2 aromatic carbocycles. The predicted molar refractivity (Wildman–Crippen MR) is 150 cm³/mol. The van der Waals surface area contributed by atoms with Gasteiger partial charge >= 0.3 is 6.09 Å². The second-order valence-corrected chi connectivity index (χ2v) is 10.2. The molecule has 1 unspecified atom stereocenters. The Morgan fingerprint density at radius 3 is 2.73 bits per heavy atom. The lowest BCUT2D eigenvalue weighted by Gasteiger charge is -2.15. The van der Waals surface area contributed by atoms with E-state index in [1.165, 1.54) is 18.1 Å². The fourth-order valence-corrected chi connectivity index (χ4v) is 5.51. The normalized spacial score (nSPS) is 14.2. The molecule has 6 rings (SSSR count). The molecule has 0 saturated carbocycles. The molecule has 1 atom stereocenters. The summed E-state index contributed by atoms with van der Waals surface area (Å²) in [7, 11) is 1.31. The van der Waals surface area contributed by atoms with Crippen molar-refractivity contribution in [1.29, 1.82) is 0 Å². The van der Waals surface area contributed by atoms with E-state index < -0.39 is 6.09 Å². The number of H-pyrrole nitrogens is 1. The predicted octanol–water partition coefficient (Wildman–Crippen LogP) is 5.21. The Morgan fingerprint density at radius 2 is 1.98 bits per heavy atom. The number of tetrazole rings is 1. The van der Waals surface area contributed by atoms with Crippen LogP contribution in [0.3, 0.4) is 0 Å². The molecule has 2 N–H and O–H groups in total. The van der Waals surface area contributed by atoms with Crippen LogP contribution in [0.25, 0.3) is 28.1 Å². The first-order chi connectivity index (χ1) is 19.3. The summed E-state index contributed by atoms with van der Waals surface area (Å²) in [5.74, 6) is 0.599. The Bertz CT molecular complexity index is 1810. The molecule has 0 spiro atoms. The molecule has 202 valence electrons. The van der Waals surface area contributed by atoms with E-state index in [1.54, 1.807) is 28.8 Å². The van der Waals surface area contributed by atoms with Gasteiger partial charge in [-0.05, 0) is 77.7 Å². The van der Waals surface area contributed by atoms with Gasteiger partial charge in [-0.2, -0.15) is 4.68 Å². The number of ether oxygens (including phenoxy) is 1. The minimum absolute atomic E-state index is 0.166. The van der Waals surface area contributed by atoms with E-state index in [0.29, 0.717) is 45.9 Å². The minimum atomic E-state index is -0.553. The first-order valence-corrected chi connectivity index (χ1v) is 13.1. The minimum Gasteiger partial charge on any atom is -0.453 e. The average molecular weight is 577 g/mol. The number of nitrogens with one attached hydrogen (secondary N) is 2. The van der Waals surface area contributed by atoms with Gasteiger partial charge in [-0.3, -0.25) is 10.1 Å². The van der Waals surface area contributed by atoms with Crippen LogP contribution in [0.15, 0.2) is 59.7 Å². The number of aromatic nitrogens is 7. The van der Waals surface area contributed by atoms with Crippen molar-refractivity contribution in [2.45, 2.75) is 25.8 Å². The van der Waals surface area contributed by atoms with Gasteiger partial charge in [0.2, 0.25) is 0 Å². The number of hydrogen-bond donors (Lipinski definition) is 2. The molecule has 3 aromatic heterocycles. The summed E-state index contributed by atoms with van der Waals surface area (Å²) >= 11 is 12.9. The van der Waals surface area contributed by atoms with Crippen molar-refractivity contribution in [2.24, 2.45) is 0 Å². The molecule has 0 fully saturated rings. The molecular formula is C27H22Cl2N8O3. The summed E-state index contributed by atoms with van der Waals surface area (Å²) in [5.41, 5.74) is 5.71. The largest absolute Gasteiger partial charge is 0.453 e. The van der Waals surface area contributed by atoms with Crippen LogP contribution in [-0.4, -0.2) is 47.9 Å². The van der Waals surface area contributed by atoms with Gasteiger partial charge in [0.15, 0.2) is 0 Å². The highest BCUT2D eigenvalue weighted by molar-refractivity contribution is 6.32. The van der Waals surface area contributed by atoms with Crippen molar-refractivity contribution >= 4 is 35.0 Å². The third-order valence-corrected chi connectivity index (χ3v) is 7.41. The van der Waals surface area contributed by atoms with Crippen molar-refractivity contribution in [3.63, 3.8) is 0 Å². The number of benzene rings is 2. The molecular weight excluding hydrogens is 555 g/mol. The number of halogens is 2. The third-order valence-electron chi connectivity index (χ3n) is 6.91. The smallest absolute Gasteiger partial charge is 0.411 e. The third kappa shape index (κ3) is 4.63. The maximum atomic E-state index is 13.5. The van der Waals surface area contributed by atoms with E-state index in [1.807, 2.05) is 31.2 Å². The quantitative estimate of drug-likeness (QED) is 0.293. The highest BCUT2D eigenvalue weighted by Crippen LogP contribution is 2.37. The van der Waals surface area contributed by atoms with E-state index >= 15 is 0 Å². The standard InChI is InChI=1S/C27H22Cl2N8O3/c1-14-9-17(31-27(39)40-2)4-6-19(14)24-25(29)33-26(32-24)22-8-5-18-10-15(11-23(38)37(18)22)20-12-16(28)3-7-21(20)36-13-30-34-35-36/h3-4,6-7,9-13,22H,5,8H2,1-2H3,(H,31,39)(H,32,33). The lowest BCUT2D eigenvalue weighted by molar-refractivity contribution is 0.187. The van der Waals surface area contributed by atoms with Crippen LogP contribution in [-0.2, 0) is 11.2 Å². The summed E-state index contributed by atoms with van der Waals surface area (Å²) in [5, 5.41) is 15.0. The second kappa shape index (κ2) is 10.2. The molecule has 4 heterocycles. The number of aromatic amines is 1. The number of fused-ring (bicyclic) bond motifs is 1. The second-order valence-electron chi connectivity index (χ2n) is 9.34. The van der Waals surface area contributed by atoms with Gasteiger partial charge in [0.1, 0.15) is 23.0 Å². The fourth-order valence-electron chi connectivity index (χ4n) is 5.10. The highest BCUT2D eigenvalue weighted by atomic mass is 35.5. The van der Waals surface area contributed by atoms with Crippen LogP contribution in [0.1, 0.15) is 29.5 Å². The monoisotopic (exact) mass is 576 g/mol. The molecule has 1 aliphatic heterocycles. The fraction of sp³-hybridized carbons (Fsp3) is 0.185. The number of carbonyl (C=O) groups excluding carboxylic acids is 1. The maximum absolute atomic E-state index is 13.5. The molecule has 1 aliphatic rings. The van der Waals surface area contributed by atoms with E-state index in [2.05, 4.69) is 30.6 Å². The molecule has 0 aliphatic carbocycles. The number of imidazole rings is 1. The zero-order chi connectivity index (χ0) is 28.0. The Hall–Kier alpha value is -4.48. The van der Waals surface area contributed by atoms with Gasteiger partial charge in [-0.25, -0.2) is 9.78 Å². The summed E-state index contributed by atoms with van der Waals surface area (Å²) in [6, 6.07) is 14.0. The Balaban J connectivity index is 1.35. The number of rotatable bonds is 5. The molecule has 5 aromatic rings. The van der Waals surface area contributed by atoms with Crippen molar-refractivity contribution in [2.75, 3.05) is 12.4 Å². The van der Waals surface area contributed by atoms with E-state index in [0.717, 1.165) is 27.9 Å². The van der Waals surface area contributed by atoms with Crippen molar-refractivity contribution < 1.29 is 9.53 Å². The van der Waals surface area contributed by atoms with Crippen LogP contribution >= 0.6 is 23.2 Å². The summed E-state index contributed by atoms with van der Waals surface area (Å²) in [4.78, 5) is 33.0. The lowest BCUT2D eigenvalue weighted by atomic mass is 10.0. The molecule has 0 radical (unpaired) electrons. The number of nitrogens with zero attached hydrogens (tertiary/aromatic N) is 6. The average Bonchev–Trinajstić information content (AvgIpc) is 3.69. The van der Waals surface area contributed by atoms with Gasteiger partial charge in [0.05, 0.1) is 18.8 Å². The number of anilines is 1. The van der Waals surface area contributed by atoms with Gasteiger partial charge in [-0.1, -0.05) is 29.3 Å². The van der Waals surface area contributed by atoms with Gasteiger partial charge < -0.3 is 14.3 Å². The lowest BCUT2D eigenvalue weighted by Crippen LogP contribution is -2.24. The van der Waals surface area contributed by atoms with Crippen LogP contribution in [0.4, 0.5) is 10.5 Å². The zero-order valence-electron chi connectivity index (χ0n) is 21.4. The summed E-state index contributed by atoms with van der Waals surface area (Å²) in [6.07, 6.45) is 2.29. The van der Waals surface area contributed by atoms with E-state index in [-0.39, 0.29) is 11.6 Å². The number of methoxy groups -OCH3 is 1. The number of carbonyl (C=O) groups is 1. The van der Waals surface area contributed by atoms with Crippen molar-refractivity contribution in [3.05, 3.63) is 92.5 Å². The van der Waals surface area contributed by atoms with Crippen LogP contribution in [0.2, 0.25) is 10.2 Å². The maximum Gasteiger partial charge on any atom is 0.411 e. The number of aryl methyl sites for hydroxylation is 2. The summed E-state index contributed by atoms with van der Waals surface area (Å²) in [6.45, 7) is 1.90. The van der Waals surface area contributed by atoms with Gasteiger partial charge in [-0.15, -0.1) is 5.10 Å². The molecule has 11 nitrogen and oxygen atoms in total. The topological polar surface area (TPSA) is 133 Å². The van der Waals surface area contributed by atoms with Crippen molar-refractivity contribution in [3.8, 4) is 28.1 Å². The Morgan fingerprint density at radius 1 is 1.12 bits per heavy atom. The van der Waals surface area contributed by atoms with Gasteiger partial charge in [0, 0.05) is 33.6 Å². The first kappa shape index (κ1) is 25.8. The molecule has 1 amide bonds. The van der Waals surface area contributed by atoms with Gasteiger partial charge in [0.25, 0.3) is 5.56 Å². The molecule has 40 heavy (non-hydrogen) atoms. The first-order valence-electron chi connectivity index (χ1n) is 12.3. The van der Waals surface area contributed by atoms with Crippen LogP contribution < -0.4 is 10.9 Å². The van der Waals surface area contributed by atoms with Crippen LogP contribution in [0, 0.1) is 6.92 Å².